The zero-order valence-electron chi connectivity index (χ0n) is 11.3. The minimum atomic E-state index is -0.619. The molecular weight excluding hydrogens is 294 g/mol. The van der Waals surface area contributed by atoms with Crippen LogP contribution in [-0.4, -0.2) is 40.9 Å². The second-order valence-electron chi connectivity index (χ2n) is 4.43. The number of hydrogen-bond acceptors (Lipinski definition) is 3. The van der Waals surface area contributed by atoms with Crippen LogP contribution in [0.1, 0.15) is 12.8 Å². The summed E-state index contributed by atoms with van der Waals surface area (Å²) in [6, 6.07) is 2.63. The van der Waals surface area contributed by atoms with Crippen LogP contribution in [0, 0.1) is 5.41 Å². The lowest BCUT2D eigenvalue weighted by atomic mass is 10.4. The summed E-state index contributed by atoms with van der Waals surface area (Å²) in [6.45, 7) is 1.57. The Balaban J connectivity index is 1.89. The molecule has 0 aromatic carbocycles. The molecule has 2 amide bonds. The fourth-order valence-corrected chi connectivity index (χ4v) is 2.04. The number of nitrogens with zero attached hydrogens (tertiary/aromatic N) is 3. The zero-order valence-corrected chi connectivity index (χ0v) is 12.0. The van der Waals surface area contributed by atoms with Crippen molar-refractivity contribution in [2.45, 2.75) is 12.8 Å². The summed E-state index contributed by atoms with van der Waals surface area (Å²) in [5, 5.41) is 12.8. The summed E-state index contributed by atoms with van der Waals surface area (Å²) in [5.41, 5.74) is 5.59. The summed E-state index contributed by atoms with van der Waals surface area (Å²) in [7, 11) is 0. The van der Waals surface area contributed by atoms with E-state index in [4.69, 9.17) is 22.7 Å². The number of hydrogen-bond donors (Lipinski definition) is 4. The van der Waals surface area contributed by atoms with Crippen LogP contribution in [0.2, 0.25) is 5.02 Å². The van der Waals surface area contributed by atoms with Gasteiger partial charge in [-0.2, -0.15) is 4.99 Å². The molecule has 0 bridgehead atoms. The monoisotopic (exact) mass is 309 g/mol. The van der Waals surface area contributed by atoms with Crippen molar-refractivity contribution >= 4 is 35.4 Å². The Bertz CT molecular complexity index is 568. The van der Waals surface area contributed by atoms with Crippen LogP contribution >= 0.6 is 11.6 Å². The van der Waals surface area contributed by atoms with Crippen LogP contribution in [0.25, 0.3) is 0 Å². The second-order valence-corrected chi connectivity index (χ2v) is 4.83. The maximum atomic E-state index is 11.7. The number of carbonyl (C=O) groups is 1. The first-order valence-corrected chi connectivity index (χ1v) is 6.80. The molecule has 0 unspecified atom stereocenters. The largest absolute Gasteiger partial charge is 0.369 e. The Morgan fingerprint density at radius 3 is 2.86 bits per heavy atom. The van der Waals surface area contributed by atoms with Gasteiger partial charge in [-0.3, -0.25) is 16.0 Å². The number of guanidine groups is 2. The number of likely N-dealkylation sites (tertiary alicyclic amines) is 1. The Morgan fingerprint density at radius 2 is 2.19 bits per heavy atom. The number of amides is 2. The van der Waals surface area contributed by atoms with Crippen molar-refractivity contribution in [1.29, 1.82) is 5.41 Å². The third-order valence-electron chi connectivity index (χ3n) is 2.86. The first-order chi connectivity index (χ1) is 10.1. The van der Waals surface area contributed by atoms with Gasteiger partial charge in [-0.15, -0.1) is 0 Å². The molecule has 1 aromatic heterocycles. The maximum Gasteiger partial charge on any atom is 0.327 e. The number of aliphatic imine (C=N–C) groups is 1. The van der Waals surface area contributed by atoms with Crippen LogP contribution in [0.5, 0.6) is 0 Å². The molecular formula is C12H16ClN7O. The summed E-state index contributed by atoms with van der Waals surface area (Å²) in [4.78, 5) is 21.3. The third-order valence-corrected chi connectivity index (χ3v) is 3.17. The van der Waals surface area contributed by atoms with Gasteiger partial charge in [-0.05, 0) is 25.0 Å². The first kappa shape index (κ1) is 15.0. The summed E-state index contributed by atoms with van der Waals surface area (Å²) in [5.74, 6) is 0.108. The molecule has 0 radical (unpaired) electrons. The van der Waals surface area contributed by atoms with Crippen molar-refractivity contribution in [2.75, 3.05) is 18.4 Å². The van der Waals surface area contributed by atoms with E-state index in [0.717, 1.165) is 25.9 Å². The topological polar surface area (TPSA) is 119 Å². The van der Waals surface area contributed by atoms with Crippen LogP contribution < -0.4 is 16.4 Å². The molecule has 21 heavy (non-hydrogen) atoms. The van der Waals surface area contributed by atoms with E-state index < -0.39 is 6.03 Å². The highest BCUT2D eigenvalue weighted by molar-refractivity contribution is 6.33. The molecule has 8 nitrogen and oxygen atoms in total. The zero-order chi connectivity index (χ0) is 15.2. The number of anilines is 1. The SMILES string of the molecule is N=C(/N=C(\N)NC(=O)Nc1ncccc1Cl)N1CCCC1. The van der Waals surface area contributed by atoms with Crippen molar-refractivity contribution < 1.29 is 4.79 Å². The van der Waals surface area contributed by atoms with Crippen molar-refractivity contribution in [2.24, 2.45) is 10.7 Å². The van der Waals surface area contributed by atoms with E-state index >= 15 is 0 Å². The van der Waals surface area contributed by atoms with Crippen LogP contribution in [0.3, 0.4) is 0 Å². The van der Waals surface area contributed by atoms with E-state index in [-0.39, 0.29) is 17.7 Å². The molecule has 1 aliphatic heterocycles. The number of carbonyl (C=O) groups excluding carboxylic acids is 1. The molecule has 1 fully saturated rings. The van der Waals surface area contributed by atoms with E-state index in [9.17, 15) is 4.79 Å². The van der Waals surface area contributed by atoms with Gasteiger partial charge in [0.25, 0.3) is 0 Å². The van der Waals surface area contributed by atoms with Gasteiger partial charge in [-0.25, -0.2) is 9.78 Å². The van der Waals surface area contributed by atoms with Gasteiger partial charge in [0.2, 0.25) is 11.9 Å². The number of urea groups is 1. The molecule has 0 spiro atoms. The number of nitrogens with two attached hydrogens (primary N) is 1. The normalized spacial score (nSPS) is 14.9. The fraction of sp³-hybridized carbons (Fsp3) is 0.333. The highest BCUT2D eigenvalue weighted by Crippen LogP contribution is 2.16. The number of pyridine rings is 1. The average Bonchev–Trinajstić information content (AvgIpc) is 2.95. The van der Waals surface area contributed by atoms with Gasteiger partial charge >= 0.3 is 6.03 Å². The highest BCUT2D eigenvalue weighted by atomic mass is 35.5. The Labute approximate surface area is 126 Å². The quantitative estimate of drug-likeness (QED) is 0.460. The Morgan fingerprint density at radius 1 is 1.48 bits per heavy atom. The third kappa shape index (κ3) is 4.32. The number of halogens is 1. The lowest BCUT2D eigenvalue weighted by molar-refractivity contribution is 0.256. The van der Waals surface area contributed by atoms with E-state index in [0.29, 0.717) is 5.02 Å². The van der Waals surface area contributed by atoms with Crippen LogP contribution in [0.15, 0.2) is 23.3 Å². The minimum absolute atomic E-state index is 0.0427. The molecule has 1 saturated heterocycles. The van der Waals surface area contributed by atoms with Crippen LogP contribution in [0.4, 0.5) is 10.6 Å². The standard InChI is InChI=1S/C12H16ClN7O/c13-8-4-3-5-16-9(8)17-12(21)19-10(14)18-11(15)20-6-1-2-7-20/h3-5H,1-2,6-7H2,(H5,14,15,16,17,18,19,21). The smallest absolute Gasteiger partial charge is 0.327 e. The van der Waals surface area contributed by atoms with Gasteiger partial charge in [-0.1, -0.05) is 11.6 Å². The molecule has 1 aliphatic rings. The van der Waals surface area contributed by atoms with Crippen molar-refractivity contribution in [3.05, 3.63) is 23.4 Å². The van der Waals surface area contributed by atoms with Gasteiger partial charge < -0.3 is 10.6 Å². The summed E-state index contributed by atoms with van der Waals surface area (Å²) < 4.78 is 0. The Kier molecular flexibility index (Phi) is 4.94. The van der Waals surface area contributed by atoms with Gasteiger partial charge in [0.15, 0.2) is 5.82 Å². The molecule has 1 aromatic rings. The predicted octanol–water partition coefficient (Wildman–Crippen LogP) is 1.20. The number of nitrogens with one attached hydrogen (secondary N) is 3. The molecule has 0 atom stereocenters. The molecule has 2 heterocycles. The van der Waals surface area contributed by atoms with Crippen molar-refractivity contribution in [3.63, 3.8) is 0 Å². The second kappa shape index (κ2) is 6.89. The number of rotatable bonds is 1. The Hall–Kier alpha value is -2.35. The summed E-state index contributed by atoms with van der Waals surface area (Å²) >= 11 is 5.87. The van der Waals surface area contributed by atoms with Crippen LogP contribution in [-0.2, 0) is 0 Å². The van der Waals surface area contributed by atoms with Gasteiger partial charge in [0, 0.05) is 19.3 Å². The molecule has 2 rings (SSSR count). The minimum Gasteiger partial charge on any atom is -0.369 e. The first-order valence-electron chi connectivity index (χ1n) is 6.42. The van der Waals surface area contributed by atoms with Crippen molar-refractivity contribution in [3.8, 4) is 0 Å². The van der Waals surface area contributed by atoms with Gasteiger partial charge in [0.05, 0.1) is 5.02 Å². The van der Waals surface area contributed by atoms with Gasteiger partial charge in [0.1, 0.15) is 0 Å². The predicted molar refractivity (Wildman–Crippen MR) is 81.6 cm³/mol. The maximum absolute atomic E-state index is 11.7. The number of aromatic nitrogens is 1. The molecule has 9 heteroatoms. The molecule has 0 aliphatic carbocycles. The highest BCUT2D eigenvalue weighted by Gasteiger charge is 2.15. The van der Waals surface area contributed by atoms with E-state index in [1.165, 1.54) is 6.20 Å². The molecule has 5 N–H and O–H groups in total. The lowest BCUT2D eigenvalue weighted by Gasteiger charge is -2.15. The van der Waals surface area contributed by atoms with Crippen molar-refractivity contribution in [1.82, 2.24) is 15.2 Å². The summed E-state index contributed by atoms with van der Waals surface area (Å²) in [6.07, 6.45) is 3.57. The molecule has 0 saturated carbocycles. The average molecular weight is 310 g/mol. The van der Waals surface area contributed by atoms with E-state index in [2.05, 4.69) is 20.6 Å². The lowest BCUT2D eigenvalue weighted by Crippen LogP contribution is -2.41. The van der Waals surface area contributed by atoms with E-state index in [1.54, 1.807) is 17.0 Å². The fourth-order valence-electron chi connectivity index (χ4n) is 1.87. The van der Waals surface area contributed by atoms with E-state index in [1.807, 2.05) is 0 Å². The molecule has 112 valence electrons.